The zero-order valence-electron chi connectivity index (χ0n) is 8.87. The molecule has 2 unspecified atom stereocenters. The lowest BCUT2D eigenvalue weighted by Gasteiger charge is -2.40. The molecule has 0 aromatic rings. The highest BCUT2D eigenvalue weighted by molar-refractivity contribution is 5.82. The number of nitrogens with zero attached hydrogens (tertiary/aromatic N) is 2. The van der Waals surface area contributed by atoms with E-state index in [0.29, 0.717) is 0 Å². The molecule has 1 rings (SSSR count). The fourth-order valence-corrected chi connectivity index (χ4v) is 1.54. The lowest BCUT2D eigenvalue weighted by molar-refractivity contribution is -0.143. The van der Waals surface area contributed by atoms with Crippen LogP contribution in [0.1, 0.15) is 13.8 Å². The van der Waals surface area contributed by atoms with Crippen molar-refractivity contribution in [2.45, 2.75) is 26.1 Å². The molecule has 0 aromatic carbocycles. The van der Waals surface area contributed by atoms with Gasteiger partial charge >= 0.3 is 0 Å². The summed E-state index contributed by atoms with van der Waals surface area (Å²) in [6, 6.07) is 0.0181. The number of piperazine rings is 1. The molecule has 0 saturated carbocycles. The minimum absolute atomic E-state index is 0.0181. The van der Waals surface area contributed by atoms with E-state index in [2.05, 4.69) is 10.2 Å². The monoisotopic (exact) mass is 185 g/mol. The first-order valence-corrected chi connectivity index (χ1v) is 4.76. The molecule has 0 spiro atoms. The largest absolute Gasteiger partial charge is 0.325 e. The highest BCUT2D eigenvalue weighted by Crippen LogP contribution is 2.10. The van der Waals surface area contributed by atoms with Crippen LogP contribution in [0.5, 0.6) is 0 Å². The summed E-state index contributed by atoms with van der Waals surface area (Å²) in [7, 11) is 3.87. The average Bonchev–Trinajstić information content (AvgIpc) is 2.13. The number of hydrogen-bond donors (Lipinski definition) is 1. The van der Waals surface area contributed by atoms with Gasteiger partial charge in [0.25, 0.3) is 0 Å². The van der Waals surface area contributed by atoms with Crippen LogP contribution in [0.2, 0.25) is 0 Å². The number of amides is 1. The lowest BCUT2D eigenvalue weighted by Crippen LogP contribution is -2.59. The van der Waals surface area contributed by atoms with Crippen LogP contribution in [0, 0.1) is 0 Å². The van der Waals surface area contributed by atoms with Crippen molar-refractivity contribution in [3.05, 3.63) is 0 Å². The topological polar surface area (TPSA) is 35.6 Å². The van der Waals surface area contributed by atoms with Crippen LogP contribution in [-0.2, 0) is 4.79 Å². The molecule has 4 nitrogen and oxygen atoms in total. The van der Waals surface area contributed by atoms with Crippen molar-refractivity contribution in [1.29, 1.82) is 0 Å². The third-order valence-corrected chi connectivity index (χ3v) is 2.88. The van der Waals surface area contributed by atoms with Gasteiger partial charge in [0.2, 0.25) is 5.91 Å². The van der Waals surface area contributed by atoms with Crippen molar-refractivity contribution in [2.75, 3.05) is 27.2 Å². The Balaban J connectivity index is 2.64. The van der Waals surface area contributed by atoms with E-state index in [-0.39, 0.29) is 18.1 Å². The molecule has 1 saturated heterocycles. The Hall–Kier alpha value is -0.610. The van der Waals surface area contributed by atoms with Crippen LogP contribution in [0.15, 0.2) is 0 Å². The Morgan fingerprint density at radius 1 is 1.54 bits per heavy atom. The predicted octanol–water partition coefficient (Wildman–Crippen LogP) is -0.286. The fourth-order valence-electron chi connectivity index (χ4n) is 1.54. The van der Waals surface area contributed by atoms with E-state index < -0.39 is 0 Å². The highest BCUT2D eigenvalue weighted by Gasteiger charge is 2.30. The van der Waals surface area contributed by atoms with E-state index in [0.717, 1.165) is 13.1 Å². The van der Waals surface area contributed by atoms with Gasteiger partial charge in [0, 0.05) is 13.1 Å². The molecule has 0 aromatic heterocycles. The van der Waals surface area contributed by atoms with Crippen molar-refractivity contribution in [3.8, 4) is 0 Å². The van der Waals surface area contributed by atoms with Gasteiger partial charge in [-0.3, -0.25) is 9.69 Å². The van der Waals surface area contributed by atoms with E-state index in [4.69, 9.17) is 0 Å². The fraction of sp³-hybridized carbons (Fsp3) is 0.889. The number of likely N-dealkylation sites (N-methyl/N-ethyl adjacent to an activating group) is 1. The average molecular weight is 185 g/mol. The summed E-state index contributed by atoms with van der Waals surface area (Å²) in [4.78, 5) is 15.8. The summed E-state index contributed by atoms with van der Waals surface area (Å²) in [5.74, 6) is 0.218. The molecule has 0 bridgehead atoms. The maximum atomic E-state index is 11.8. The first-order valence-electron chi connectivity index (χ1n) is 4.76. The molecule has 76 valence electrons. The van der Waals surface area contributed by atoms with Crippen LogP contribution in [0.3, 0.4) is 0 Å². The van der Waals surface area contributed by atoms with E-state index in [1.165, 1.54) is 0 Å². The number of hydrogen-bond acceptors (Lipinski definition) is 3. The van der Waals surface area contributed by atoms with Crippen LogP contribution in [0.25, 0.3) is 0 Å². The van der Waals surface area contributed by atoms with Crippen molar-refractivity contribution >= 4 is 5.91 Å². The van der Waals surface area contributed by atoms with Crippen LogP contribution < -0.4 is 5.32 Å². The number of rotatable bonds is 2. The third kappa shape index (κ3) is 2.00. The maximum absolute atomic E-state index is 11.8. The van der Waals surface area contributed by atoms with Gasteiger partial charge in [0.05, 0.1) is 12.2 Å². The van der Waals surface area contributed by atoms with Gasteiger partial charge in [-0.2, -0.15) is 0 Å². The second-order valence-electron chi connectivity index (χ2n) is 3.65. The predicted molar refractivity (Wildman–Crippen MR) is 52.3 cm³/mol. The summed E-state index contributed by atoms with van der Waals surface area (Å²) < 4.78 is 0. The molecule has 1 aliphatic heterocycles. The van der Waals surface area contributed by atoms with E-state index in [1.807, 2.05) is 32.8 Å². The third-order valence-electron chi connectivity index (χ3n) is 2.88. The molecule has 1 fully saturated rings. The first-order chi connectivity index (χ1) is 6.07. The standard InChI is InChI=1S/C9H19N3O/c1-7-9(13)12(8(2)10-3)6-5-11(7)4/h7-8,10H,5-6H2,1-4H3. The Morgan fingerprint density at radius 3 is 2.69 bits per heavy atom. The molecule has 0 aliphatic carbocycles. The lowest BCUT2D eigenvalue weighted by atomic mass is 10.2. The molecule has 2 atom stereocenters. The van der Waals surface area contributed by atoms with Crippen molar-refractivity contribution in [2.24, 2.45) is 0 Å². The maximum Gasteiger partial charge on any atom is 0.240 e. The minimum atomic E-state index is 0.0181. The van der Waals surface area contributed by atoms with E-state index >= 15 is 0 Å². The van der Waals surface area contributed by atoms with Crippen molar-refractivity contribution in [1.82, 2.24) is 15.1 Å². The molecule has 1 aliphatic rings. The van der Waals surface area contributed by atoms with Gasteiger partial charge in [-0.25, -0.2) is 0 Å². The normalized spacial score (nSPS) is 27.8. The van der Waals surface area contributed by atoms with Crippen molar-refractivity contribution < 1.29 is 4.79 Å². The smallest absolute Gasteiger partial charge is 0.240 e. The summed E-state index contributed by atoms with van der Waals surface area (Å²) in [5.41, 5.74) is 0. The number of carbonyl (C=O) groups is 1. The Bertz CT molecular complexity index is 195. The SMILES string of the molecule is CNC(C)N1CCN(C)C(C)C1=O. The van der Waals surface area contributed by atoms with E-state index in [9.17, 15) is 4.79 Å². The quantitative estimate of drug-likeness (QED) is 0.642. The van der Waals surface area contributed by atoms with Gasteiger partial charge in [-0.15, -0.1) is 0 Å². The first kappa shape index (κ1) is 10.5. The highest BCUT2D eigenvalue weighted by atomic mass is 16.2. The zero-order valence-corrected chi connectivity index (χ0v) is 8.87. The Morgan fingerprint density at radius 2 is 2.15 bits per heavy atom. The van der Waals surface area contributed by atoms with E-state index in [1.54, 1.807) is 0 Å². The minimum Gasteiger partial charge on any atom is -0.325 e. The van der Waals surface area contributed by atoms with Crippen LogP contribution >= 0.6 is 0 Å². The molecule has 1 amide bonds. The summed E-state index contributed by atoms with van der Waals surface area (Å²) in [6.07, 6.45) is 0.142. The second-order valence-corrected chi connectivity index (χ2v) is 3.65. The molecular formula is C9H19N3O. The van der Waals surface area contributed by atoms with Gasteiger partial charge in [0.1, 0.15) is 0 Å². The van der Waals surface area contributed by atoms with Crippen LogP contribution in [0.4, 0.5) is 0 Å². The molecule has 1 N–H and O–H groups in total. The molecule has 13 heavy (non-hydrogen) atoms. The van der Waals surface area contributed by atoms with Gasteiger partial charge in [-0.05, 0) is 27.9 Å². The molecular weight excluding hydrogens is 166 g/mol. The summed E-state index contributed by atoms with van der Waals surface area (Å²) in [6.45, 7) is 5.74. The summed E-state index contributed by atoms with van der Waals surface area (Å²) >= 11 is 0. The molecule has 4 heteroatoms. The number of nitrogens with one attached hydrogen (secondary N) is 1. The second kappa shape index (κ2) is 4.07. The molecule has 1 heterocycles. The molecule has 0 radical (unpaired) electrons. The van der Waals surface area contributed by atoms with Crippen LogP contribution in [-0.4, -0.2) is 55.1 Å². The van der Waals surface area contributed by atoms with Gasteiger partial charge in [-0.1, -0.05) is 0 Å². The Labute approximate surface area is 79.9 Å². The summed E-state index contributed by atoms with van der Waals surface area (Å²) in [5, 5.41) is 3.09. The van der Waals surface area contributed by atoms with Crippen molar-refractivity contribution in [3.63, 3.8) is 0 Å². The van der Waals surface area contributed by atoms with Gasteiger partial charge < -0.3 is 10.2 Å². The zero-order chi connectivity index (χ0) is 10.0. The Kier molecular flexibility index (Phi) is 3.27. The number of carbonyl (C=O) groups excluding carboxylic acids is 1. The van der Waals surface area contributed by atoms with Gasteiger partial charge in [0.15, 0.2) is 0 Å².